The van der Waals surface area contributed by atoms with Gasteiger partial charge in [0.1, 0.15) is 0 Å². The van der Waals surface area contributed by atoms with Crippen LogP contribution in [0.15, 0.2) is 53.9 Å². The third-order valence-electron chi connectivity index (χ3n) is 4.20. The molecule has 0 radical (unpaired) electrons. The molecule has 3 aromatic rings. The summed E-state index contributed by atoms with van der Waals surface area (Å²) in [6, 6.07) is 11.8. The molecule has 0 saturated heterocycles. The van der Waals surface area contributed by atoms with E-state index in [2.05, 4.69) is 40.4 Å². The number of rotatable bonds is 7. The molecule has 0 fully saturated rings. The lowest BCUT2D eigenvalue weighted by Crippen LogP contribution is -2.32. The monoisotopic (exact) mass is 425 g/mol. The number of benzene rings is 1. The number of para-hydroxylation sites is 1. The van der Waals surface area contributed by atoms with Gasteiger partial charge < -0.3 is 4.74 Å². The molecular formula is C21H23N5O3S. The Kier molecular flexibility index (Phi) is 7.18. The van der Waals surface area contributed by atoms with Crippen LogP contribution >= 0.6 is 11.8 Å². The van der Waals surface area contributed by atoms with Gasteiger partial charge in [-0.05, 0) is 36.6 Å². The highest BCUT2D eigenvalue weighted by molar-refractivity contribution is 7.99. The number of alkyl carbamates (subject to hydrolysis) is 1. The predicted octanol–water partition coefficient (Wildman–Crippen LogP) is 3.82. The Morgan fingerprint density at radius 3 is 2.67 bits per heavy atom. The van der Waals surface area contributed by atoms with E-state index in [-0.39, 0.29) is 18.3 Å². The number of pyridine rings is 1. The first-order valence-electron chi connectivity index (χ1n) is 9.55. The normalized spacial score (nSPS) is 10.8. The Labute approximate surface area is 179 Å². The van der Waals surface area contributed by atoms with Gasteiger partial charge >= 0.3 is 6.09 Å². The number of amides is 2. The molecule has 0 spiro atoms. The topological polar surface area (TPSA) is 99.0 Å². The van der Waals surface area contributed by atoms with Crippen molar-refractivity contribution in [2.45, 2.75) is 31.8 Å². The van der Waals surface area contributed by atoms with Crippen molar-refractivity contribution in [3.05, 3.63) is 54.4 Å². The van der Waals surface area contributed by atoms with Crippen molar-refractivity contribution < 1.29 is 14.3 Å². The van der Waals surface area contributed by atoms with Gasteiger partial charge in [0.25, 0.3) is 0 Å². The average Bonchev–Trinajstić information content (AvgIpc) is 3.16. The number of hydrogen-bond acceptors (Lipinski definition) is 7. The van der Waals surface area contributed by atoms with Crippen molar-refractivity contribution in [3.8, 4) is 17.1 Å². The van der Waals surface area contributed by atoms with E-state index in [1.54, 1.807) is 19.3 Å². The number of nitrogens with one attached hydrogen (secondary N) is 1. The van der Waals surface area contributed by atoms with Crippen molar-refractivity contribution in [2.75, 3.05) is 12.4 Å². The number of carbonyl (C=O) groups is 2. The molecule has 2 aromatic heterocycles. The van der Waals surface area contributed by atoms with Crippen molar-refractivity contribution >= 4 is 23.8 Å². The summed E-state index contributed by atoms with van der Waals surface area (Å²) in [7, 11) is 0. The highest BCUT2D eigenvalue weighted by Crippen LogP contribution is 2.31. The van der Waals surface area contributed by atoms with Gasteiger partial charge in [0.05, 0.1) is 18.0 Å². The highest BCUT2D eigenvalue weighted by Gasteiger charge is 2.20. The molecule has 1 N–H and O–H groups in total. The largest absolute Gasteiger partial charge is 0.450 e. The van der Waals surface area contributed by atoms with E-state index in [1.165, 1.54) is 11.8 Å². The Morgan fingerprint density at radius 2 is 1.97 bits per heavy atom. The minimum absolute atomic E-state index is 0.00612. The maximum atomic E-state index is 12.1. The summed E-state index contributed by atoms with van der Waals surface area (Å²) < 4.78 is 6.67. The molecule has 3 rings (SSSR count). The maximum Gasteiger partial charge on any atom is 0.413 e. The summed E-state index contributed by atoms with van der Waals surface area (Å²) in [4.78, 5) is 27.7. The van der Waals surface area contributed by atoms with Crippen LogP contribution in [-0.2, 0) is 9.53 Å². The zero-order valence-electron chi connectivity index (χ0n) is 17.0. The number of thioether (sulfide) groups is 1. The number of nitrogens with zero attached hydrogens (tertiary/aromatic N) is 4. The van der Waals surface area contributed by atoms with Crippen molar-refractivity contribution in [2.24, 2.45) is 0 Å². The summed E-state index contributed by atoms with van der Waals surface area (Å²) in [5.74, 6) is 0.432. The Morgan fingerprint density at radius 1 is 1.17 bits per heavy atom. The van der Waals surface area contributed by atoms with Crippen molar-refractivity contribution in [1.82, 2.24) is 25.1 Å². The lowest BCUT2D eigenvalue weighted by molar-refractivity contribution is -0.117. The number of imide groups is 1. The van der Waals surface area contributed by atoms with Crippen LogP contribution in [0.3, 0.4) is 0 Å². The summed E-state index contributed by atoms with van der Waals surface area (Å²) >= 11 is 1.20. The van der Waals surface area contributed by atoms with E-state index in [9.17, 15) is 9.59 Å². The van der Waals surface area contributed by atoms with Gasteiger partial charge in [0, 0.05) is 18.0 Å². The quantitative estimate of drug-likeness (QED) is 0.575. The number of ether oxygens (including phenoxy) is 1. The smallest absolute Gasteiger partial charge is 0.413 e. The van der Waals surface area contributed by atoms with Crippen LogP contribution in [0.2, 0.25) is 0 Å². The molecule has 0 bridgehead atoms. The third-order valence-corrected chi connectivity index (χ3v) is 5.13. The van der Waals surface area contributed by atoms with Crippen LogP contribution in [-0.4, -0.2) is 44.1 Å². The zero-order valence-corrected chi connectivity index (χ0v) is 17.8. The molecule has 156 valence electrons. The summed E-state index contributed by atoms with van der Waals surface area (Å²) in [5.41, 5.74) is 2.87. The average molecular weight is 426 g/mol. The second-order valence-corrected chi connectivity index (χ2v) is 7.60. The SMILES string of the molecule is CCOC(=O)NC(=O)CSc1nnc(-c2cccnc2)n1-c1ccccc1C(C)C. The second-order valence-electron chi connectivity index (χ2n) is 6.65. The fourth-order valence-electron chi connectivity index (χ4n) is 2.89. The number of carbonyl (C=O) groups excluding carboxylic acids is 2. The van der Waals surface area contributed by atoms with Gasteiger partial charge in [-0.15, -0.1) is 10.2 Å². The van der Waals surface area contributed by atoms with Crippen molar-refractivity contribution in [1.29, 1.82) is 0 Å². The van der Waals surface area contributed by atoms with Gasteiger partial charge in [-0.25, -0.2) is 4.79 Å². The highest BCUT2D eigenvalue weighted by atomic mass is 32.2. The first-order chi connectivity index (χ1) is 14.5. The minimum Gasteiger partial charge on any atom is -0.450 e. The van der Waals surface area contributed by atoms with Crippen LogP contribution in [0.4, 0.5) is 4.79 Å². The Hall–Kier alpha value is -3.20. The second kappa shape index (κ2) is 10.0. The molecule has 2 heterocycles. The van der Waals surface area contributed by atoms with Crippen LogP contribution in [0.25, 0.3) is 17.1 Å². The molecule has 9 heteroatoms. The van der Waals surface area contributed by atoms with E-state index in [0.717, 1.165) is 16.8 Å². The van der Waals surface area contributed by atoms with Crippen LogP contribution in [0.1, 0.15) is 32.3 Å². The predicted molar refractivity (Wildman–Crippen MR) is 115 cm³/mol. The third kappa shape index (κ3) is 5.04. The van der Waals surface area contributed by atoms with Crippen molar-refractivity contribution in [3.63, 3.8) is 0 Å². The van der Waals surface area contributed by atoms with E-state index in [4.69, 9.17) is 4.74 Å². The van der Waals surface area contributed by atoms with E-state index >= 15 is 0 Å². The maximum absolute atomic E-state index is 12.1. The van der Waals surface area contributed by atoms with Crippen LogP contribution < -0.4 is 5.32 Å². The minimum atomic E-state index is -0.759. The molecule has 0 atom stereocenters. The Bertz CT molecular complexity index is 1020. The molecule has 1 aromatic carbocycles. The summed E-state index contributed by atoms with van der Waals surface area (Å²) in [5, 5.41) is 11.4. The van der Waals surface area contributed by atoms with Gasteiger partial charge in [0.15, 0.2) is 11.0 Å². The lowest BCUT2D eigenvalue weighted by atomic mass is 10.0. The van der Waals surface area contributed by atoms with E-state index < -0.39 is 12.0 Å². The Balaban J connectivity index is 1.96. The fourth-order valence-corrected chi connectivity index (χ4v) is 3.63. The molecule has 30 heavy (non-hydrogen) atoms. The number of aromatic nitrogens is 4. The molecule has 0 aliphatic rings. The fraction of sp³-hybridized carbons (Fsp3) is 0.286. The molecular weight excluding hydrogens is 402 g/mol. The molecule has 2 amide bonds. The van der Waals surface area contributed by atoms with E-state index in [1.807, 2.05) is 34.9 Å². The molecule has 0 aliphatic carbocycles. The zero-order chi connectivity index (χ0) is 21.5. The first-order valence-corrected chi connectivity index (χ1v) is 10.5. The van der Waals surface area contributed by atoms with Crippen LogP contribution in [0, 0.1) is 0 Å². The van der Waals surface area contributed by atoms with Gasteiger partial charge in [-0.2, -0.15) is 0 Å². The standard InChI is InChI=1S/C21H23N5O3S/c1-4-29-21(28)23-18(27)13-30-20-25-24-19(15-8-7-11-22-12-15)26(20)17-10-6-5-9-16(17)14(2)3/h5-12,14H,4,13H2,1-3H3,(H,23,27,28). The van der Waals surface area contributed by atoms with Gasteiger partial charge in [0.2, 0.25) is 5.91 Å². The van der Waals surface area contributed by atoms with Gasteiger partial charge in [-0.1, -0.05) is 43.8 Å². The van der Waals surface area contributed by atoms with Crippen LogP contribution in [0.5, 0.6) is 0 Å². The molecule has 0 saturated carbocycles. The summed E-state index contributed by atoms with van der Waals surface area (Å²) in [6.45, 7) is 6.10. The van der Waals surface area contributed by atoms with E-state index in [0.29, 0.717) is 11.0 Å². The summed E-state index contributed by atoms with van der Waals surface area (Å²) in [6.07, 6.45) is 2.66. The first kappa shape index (κ1) is 21.5. The molecule has 0 unspecified atom stereocenters. The van der Waals surface area contributed by atoms with Gasteiger partial charge in [-0.3, -0.25) is 19.7 Å². The molecule has 0 aliphatic heterocycles. The number of hydrogen-bond donors (Lipinski definition) is 1. The molecule has 8 nitrogen and oxygen atoms in total. The lowest BCUT2D eigenvalue weighted by Gasteiger charge is -2.16.